The van der Waals surface area contributed by atoms with Crippen LogP contribution in [0.15, 0.2) is 60.8 Å². The molecule has 1 aliphatic heterocycles. The number of urea groups is 1. The van der Waals surface area contributed by atoms with E-state index in [0.29, 0.717) is 19.7 Å². The van der Waals surface area contributed by atoms with Crippen molar-refractivity contribution in [3.8, 4) is 5.75 Å². The fourth-order valence-corrected chi connectivity index (χ4v) is 3.71. The molecule has 1 aromatic heterocycles. The Hall–Kier alpha value is -3.81. The van der Waals surface area contributed by atoms with Crippen molar-refractivity contribution in [2.75, 3.05) is 42.1 Å². The quantitative estimate of drug-likeness (QED) is 0.618. The predicted octanol–water partition coefficient (Wildman–Crippen LogP) is 3.55. The van der Waals surface area contributed by atoms with E-state index in [0.717, 1.165) is 42.3 Å². The van der Waals surface area contributed by atoms with E-state index in [4.69, 9.17) is 10.5 Å². The monoisotopic (exact) mass is 432 g/mol. The van der Waals surface area contributed by atoms with Crippen LogP contribution >= 0.6 is 0 Å². The van der Waals surface area contributed by atoms with Crippen molar-refractivity contribution in [1.82, 2.24) is 14.9 Å². The van der Waals surface area contributed by atoms with Gasteiger partial charge in [-0.1, -0.05) is 31.2 Å². The Morgan fingerprint density at radius 3 is 2.69 bits per heavy atom. The number of benzene rings is 2. The first-order valence-electron chi connectivity index (χ1n) is 10.8. The number of nitrogens with one attached hydrogen (secondary N) is 1. The van der Waals surface area contributed by atoms with Gasteiger partial charge in [0.25, 0.3) is 0 Å². The first kappa shape index (κ1) is 21.4. The van der Waals surface area contributed by atoms with Gasteiger partial charge in [-0.3, -0.25) is 0 Å². The Balaban J connectivity index is 1.35. The van der Waals surface area contributed by atoms with Crippen molar-refractivity contribution in [2.24, 2.45) is 0 Å². The van der Waals surface area contributed by atoms with Gasteiger partial charge >= 0.3 is 6.03 Å². The molecule has 0 saturated carbocycles. The number of amides is 2. The van der Waals surface area contributed by atoms with E-state index in [-0.39, 0.29) is 12.0 Å². The molecule has 0 aliphatic carbocycles. The zero-order valence-electron chi connectivity index (χ0n) is 18.2. The van der Waals surface area contributed by atoms with Gasteiger partial charge in [0, 0.05) is 38.1 Å². The van der Waals surface area contributed by atoms with Gasteiger partial charge in [0.15, 0.2) is 0 Å². The van der Waals surface area contributed by atoms with Crippen molar-refractivity contribution < 1.29 is 9.53 Å². The number of nitrogen functional groups attached to an aromatic ring is 1. The second-order valence-electron chi connectivity index (χ2n) is 7.62. The van der Waals surface area contributed by atoms with Crippen LogP contribution in [-0.2, 0) is 13.0 Å². The maximum Gasteiger partial charge on any atom is 0.321 e. The summed E-state index contributed by atoms with van der Waals surface area (Å²) < 4.78 is 6.03. The number of carbonyl (C=O) groups excluding carboxylic acids is 1. The first-order chi connectivity index (χ1) is 15.6. The van der Waals surface area contributed by atoms with E-state index in [1.807, 2.05) is 47.4 Å². The van der Waals surface area contributed by atoms with Gasteiger partial charge in [0.05, 0.1) is 11.4 Å². The molecular formula is C24H28N6O2. The van der Waals surface area contributed by atoms with Crippen LogP contribution < -0.4 is 20.7 Å². The smallest absolute Gasteiger partial charge is 0.321 e. The number of rotatable bonds is 6. The minimum atomic E-state index is -0.0659. The highest BCUT2D eigenvalue weighted by Gasteiger charge is 2.23. The lowest BCUT2D eigenvalue weighted by Crippen LogP contribution is -2.50. The van der Waals surface area contributed by atoms with Crippen LogP contribution in [0.25, 0.3) is 0 Å². The van der Waals surface area contributed by atoms with Crippen molar-refractivity contribution in [2.45, 2.75) is 20.0 Å². The average Bonchev–Trinajstić information content (AvgIpc) is 2.83. The van der Waals surface area contributed by atoms with Crippen molar-refractivity contribution in [1.29, 1.82) is 0 Å². The summed E-state index contributed by atoms with van der Waals surface area (Å²) in [6.45, 7) is 5.13. The number of aryl methyl sites for hydroxylation is 1. The molecule has 166 valence electrons. The van der Waals surface area contributed by atoms with Crippen LogP contribution in [-0.4, -0.2) is 47.1 Å². The number of hydrogen-bond donors (Lipinski definition) is 2. The molecule has 4 rings (SSSR count). The van der Waals surface area contributed by atoms with Gasteiger partial charge in [-0.2, -0.15) is 0 Å². The zero-order chi connectivity index (χ0) is 22.3. The number of ether oxygens (including phenoxy) is 1. The fraction of sp³-hybridized carbons (Fsp3) is 0.292. The van der Waals surface area contributed by atoms with Gasteiger partial charge in [-0.05, 0) is 42.3 Å². The lowest BCUT2D eigenvalue weighted by molar-refractivity contribution is 0.208. The molecular weight excluding hydrogens is 404 g/mol. The summed E-state index contributed by atoms with van der Waals surface area (Å²) in [4.78, 5) is 24.9. The topological polar surface area (TPSA) is 96.6 Å². The minimum Gasteiger partial charge on any atom is -0.485 e. The van der Waals surface area contributed by atoms with Crippen LogP contribution in [0.5, 0.6) is 5.75 Å². The van der Waals surface area contributed by atoms with E-state index in [2.05, 4.69) is 33.2 Å². The largest absolute Gasteiger partial charge is 0.485 e. The molecule has 32 heavy (non-hydrogen) atoms. The van der Waals surface area contributed by atoms with Crippen LogP contribution in [0.2, 0.25) is 0 Å². The second-order valence-corrected chi connectivity index (χ2v) is 7.62. The highest BCUT2D eigenvalue weighted by Crippen LogP contribution is 2.29. The maximum absolute atomic E-state index is 12.7. The van der Waals surface area contributed by atoms with Gasteiger partial charge in [0.2, 0.25) is 5.95 Å². The summed E-state index contributed by atoms with van der Waals surface area (Å²) in [6.07, 6.45) is 2.56. The van der Waals surface area contributed by atoms with E-state index in [1.165, 1.54) is 5.56 Å². The number of nitrogens with zero attached hydrogens (tertiary/aromatic N) is 4. The molecule has 8 nitrogen and oxygen atoms in total. The number of carbonyl (C=O) groups is 1. The first-order valence-corrected chi connectivity index (χ1v) is 10.8. The maximum atomic E-state index is 12.7. The van der Waals surface area contributed by atoms with Crippen LogP contribution in [0.1, 0.15) is 18.2 Å². The molecule has 1 aliphatic rings. The average molecular weight is 433 g/mol. The lowest BCUT2D eigenvalue weighted by Gasteiger charge is -2.36. The van der Waals surface area contributed by atoms with Crippen molar-refractivity contribution in [3.05, 3.63) is 72.1 Å². The Labute approximate surface area is 188 Å². The molecule has 3 aromatic rings. The molecule has 0 atom stereocenters. The predicted molar refractivity (Wildman–Crippen MR) is 126 cm³/mol. The third-order valence-corrected chi connectivity index (χ3v) is 5.47. The summed E-state index contributed by atoms with van der Waals surface area (Å²) in [6, 6.07) is 17.6. The Bertz CT molecular complexity index is 1070. The van der Waals surface area contributed by atoms with Crippen LogP contribution in [0.3, 0.4) is 0 Å². The number of anilines is 3. The molecule has 0 spiro atoms. The second kappa shape index (κ2) is 10.00. The standard InChI is InChI=1S/C24H28N6O2/c1-2-18-6-5-7-19(16-18)28-24(31)30-14-12-29(13-15-30)21-8-3-4-9-22(21)32-17-20-10-11-26-23(25)27-20/h3-11,16H,2,12-15,17H2,1H3,(H,28,31)(H2,25,26,27). The molecule has 3 N–H and O–H groups in total. The number of aromatic nitrogens is 2. The summed E-state index contributed by atoms with van der Waals surface area (Å²) in [7, 11) is 0. The number of para-hydroxylation sites is 2. The van der Waals surface area contributed by atoms with Crippen LogP contribution in [0, 0.1) is 0 Å². The van der Waals surface area contributed by atoms with Gasteiger partial charge in [-0.25, -0.2) is 14.8 Å². The third kappa shape index (κ3) is 5.26. The molecule has 0 bridgehead atoms. The number of hydrogen-bond acceptors (Lipinski definition) is 6. The Morgan fingerprint density at radius 1 is 1.09 bits per heavy atom. The van der Waals surface area contributed by atoms with Crippen LogP contribution in [0.4, 0.5) is 22.1 Å². The number of piperazine rings is 1. The zero-order valence-corrected chi connectivity index (χ0v) is 18.2. The van der Waals surface area contributed by atoms with Gasteiger partial charge < -0.3 is 25.6 Å². The Morgan fingerprint density at radius 2 is 1.91 bits per heavy atom. The van der Waals surface area contributed by atoms with Gasteiger partial charge in [0.1, 0.15) is 12.4 Å². The highest BCUT2D eigenvalue weighted by atomic mass is 16.5. The molecule has 0 unspecified atom stereocenters. The molecule has 2 amide bonds. The fourth-order valence-electron chi connectivity index (χ4n) is 3.71. The molecule has 8 heteroatoms. The SMILES string of the molecule is CCc1cccc(NC(=O)N2CCN(c3ccccc3OCc3ccnc(N)n3)CC2)c1. The minimum absolute atomic E-state index is 0.0659. The Kier molecular flexibility index (Phi) is 6.69. The molecule has 1 fully saturated rings. The summed E-state index contributed by atoms with van der Waals surface area (Å²) in [5.74, 6) is 1.01. The van der Waals surface area contributed by atoms with E-state index >= 15 is 0 Å². The van der Waals surface area contributed by atoms with Crippen molar-refractivity contribution >= 4 is 23.4 Å². The van der Waals surface area contributed by atoms with E-state index in [9.17, 15) is 4.79 Å². The summed E-state index contributed by atoms with van der Waals surface area (Å²) in [5, 5.41) is 3.02. The summed E-state index contributed by atoms with van der Waals surface area (Å²) in [5.41, 5.74) is 9.42. The van der Waals surface area contributed by atoms with E-state index in [1.54, 1.807) is 12.3 Å². The normalized spacial score (nSPS) is 13.7. The lowest BCUT2D eigenvalue weighted by atomic mass is 10.1. The number of nitrogens with two attached hydrogens (primary N) is 1. The summed E-state index contributed by atoms with van der Waals surface area (Å²) >= 11 is 0. The highest BCUT2D eigenvalue weighted by molar-refractivity contribution is 5.89. The molecule has 2 heterocycles. The van der Waals surface area contributed by atoms with Gasteiger partial charge in [-0.15, -0.1) is 0 Å². The van der Waals surface area contributed by atoms with E-state index < -0.39 is 0 Å². The molecule has 1 saturated heterocycles. The molecule has 0 radical (unpaired) electrons. The third-order valence-electron chi connectivity index (χ3n) is 5.47. The molecule has 2 aromatic carbocycles. The van der Waals surface area contributed by atoms with Crippen molar-refractivity contribution in [3.63, 3.8) is 0 Å².